The summed E-state index contributed by atoms with van der Waals surface area (Å²) in [5, 5.41) is 3.55. The molecule has 1 amide bonds. The number of aryl methyl sites for hydroxylation is 1. The summed E-state index contributed by atoms with van der Waals surface area (Å²) in [5.74, 6) is 1.31. The number of nitrogens with zero attached hydrogens (tertiary/aromatic N) is 2. The van der Waals surface area contributed by atoms with Crippen molar-refractivity contribution >= 4 is 17.5 Å². The molecule has 0 aliphatic heterocycles. The summed E-state index contributed by atoms with van der Waals surface area (Å²) in [6.45, 7) is 4.06. The Morgan fingerprint density at radius 2 is 1.96 bits per heavy atom. The number of carbonyl (C=O) groups is 1. The van der Waals surface area contributed by atoms with Crippen LogP contribution < -0.4 is 10.1 Å². The van der Waals surface area contributed by atoms with Crippen molar-refractivity contribution < 1.29 is 9.53 Å². The number of aromatic nitrogens is 2. The summed E-state index contributed by atoms with van der Waals surface area (Å²) < 4.78 is 7.65. The van der Waals surface area contributed by atoms with Gasteiger partial charge in [0.2, 0.25) is 0 Å². The molecule has 0 aliphatic carbocycles. The second kappa shape index (κ2) is 8.06. The fourth-order valence-electron chi connectivity index (χ4n) is 2.62. The molecule has 0 saturated carbocycles. The molecule has 0 aliphatic rings. The molecule has 1 unspecified atom stereocenters. The van der Waals surface area contributed by atoms with Gasteiger partial charge in [0, 0.05) is 24.0 Å². The van der Waals surface area contributed by atoms with Gasteiger partial charge >= 0.3 is 0 Å². The van der Waals surface area contributed by atoms with Gasteiger partial charge in [0.05, 0.1) is 5.69 Å². The van der Waals surface area contributed by atoms with Gasteiger partial charge in [-0.1, -0.05) is 29.8 Å². The van der Waals surface area contributed by atoms with Gasteiger partial charge in [-0.15, -0.1) is 0 Å². The monoisotopic (exact) mass is 369 g/mol. The number of amides is 1. The molecule has 0 radical (unpaired) electrons. The molecule has 0 spiro atoms. The van der Waals surface area contributed by atoms with E-state index in [4.69, 9.17) is 16.3 Å². The lowest BCUT2D eigenvalue weighted by atomic mass is 10.1. The third kappa shape index (κ3) is 4.24. The van der Waals surface area contributed by atoms with Crippen molar-refractivity contribution in [3.63, 3.8) is 0 Å². The van der Waals surface area contributed by atoms with Crippen molar-refractivity contribution in [1.82, 2.24) is 14.9 Å². The van der Waals surface area contributed by atoms with Gasteiger partial charge in [-0.25, -0.2) is 4.98 Å². The first kappa shape index (κ1) is 18.0. The molecule has 0 saturated heterocycles. The maximum Gasteiger partial charge on any atom is 0.261 e. The standard InChI is InChI=1S/C20H20ClN3O2/c1-14(26-18-9-7-17(21)8-10-18)20(25)23-13-16-5-3-4-6-19(16)24-12-11-22-15(24)2/h3-12,14H,13H2,1-2H3,(H,23,25). The zero-order chi connectivity index (χ0) is 18.5. The van der Waals surface area contributed by atoms with E-state index >= 15 is 0 Å². The Hall–Kier alpha value is -2.79. The molecule has 1 aromatic heterocycles. The van der Waals surface area contributed by atoms with Crippen molar-refractivity contribution in [1.29, 1.82) is 0 Å². The van der Waals surface area contributed by atoms with E-state index < -0.39 is 6.10 Å². The Bertz CT molecular complexity index is 890. The Kier molecular flexibility index (Phi) is 5.58. The fraction of sp³-hybridized carbons (Fsp3) is 0.200. The normalized spacial score (nSPS) is 11.8. The third-order valence-corrected chi connectivity index (χ3v) is 4.28. The number of halogens is 1. The molecular formula is C20H20ClN3O2. The van der Waals surface area contributed by atoms with E-state index in [1.54, 1.807) is 37.4 Å². The highest BCUT2D eigenvalue weighted by atomic mass is 35.5. The molecule has 1 heterocycles. The van der Waals surface area contributed by atoms with E-state index in [1.165, 1.54) is 0 Å². The van der Waals surface area contributed by atoms with Crippen molar-refractivity contribution in [2.45, 2.75) is 26.5 Å². The highest BCUT2D eigenvalue weighted by Crippen LogP contribution is 2.18. The van der Waals surface area contributed by atoms with Gasteiger partial charge in [0.1, 0.15) is 11.6 Å². The lowest BCUT2D eigenvalue weighted by molar-refractivity contribution is -0.127. The van der Waals surface area contributed by atoms with Crippen LogP contribution in [0.3, 0.4) is 0 Å². The summed E-state index contributed by atoms with van der Waals surface area (Å²) >= 11 is 5.86. The first-order chi connectivity index (χ1) is 12.5. The number of rotatable bonds is 6. The van der Waals surface area contributed by atoms with Crippen molar-refractivity contribution in [3.8, 4) is 11.4 Å². The average molecular weight is 370 g/mol. The van der Waals surface area contributed by atoms with Gasteiger partial charge in [0.15, 0.2) is 6.10 Å². The molecule has 134 valence electrons. The van der Waals surface area contributed by atoms with Crippen LogP contribution in [0, 0.1) is 6.92 Å². The van der Waals surface area contributed by atoms with Crippen LogP contribution in [0.4, 0.5) is 0 Å². The average Bonchev–Trinajstić information content (AvgIpc) is 3.07. The number of hydrogen-bond donors (Lipinski definition) is 1. The smallest absolute Gasteiger partial charge is 0.261 e. The highest BCUT2D eigenvalue weighted by Gasteiger charge is 2.15. The van der Waals surface area contributed by atoms with Crippen LogP contribution in [0.1, 0.15) is 18.3 Å². The van der Waals surface area contributed by atoms with Crippen molar-refractivity contribution in [2.24, 2.45) is 0 Å². The first-order valence-electron chi connectivity index (χ1n) is 8.33. The Morgan fingerprint density at radius 3 is 2.65 bits per heavy atom. The highest BCUT2D eigenvalue weighted by molar-refractivity contribution is 6.30. The molecule has 0 bridgehead atoms. The number of carbonyl (C=O) groups excluding carboxylic acids is 1. The van der Waals surface area contributed by atoms with Gasteiger partial charge in [0.25, 0.3) is 5.91 Å². The van der Waals surface area contributed by atoms with Gasteiger partial charge < -0.3 is 14.6 Å². The maximum atomic E-state index is 12.4. The fourth-order valence-corrected chi connectivity index (χ4v) is 2.75. The molecule has 5 nitrogen and oxygen atoms in total. The van der Waals surface area contributed by atoms with E-state index in [1.807, 2.05) is 42.0 Å². The Balaban J connectivity index is 1.64. The van der Waals surface area contributed by atoms with Crippen molar-refractivity contribution in [3.05, 3.63) is 77.3 Å². The molecular weight excluding hydrogens is 350 g/mol. The lowest BCUT2D eigenvalue weighted by Gasteiger charge is -2.16. The molecule has 0 fully saturated rings. The van der Waals surface area contributed by atoms with Gasteiger partial charge in [-0.2, -0.15) is 0 Å². The number of nitrogens with one attached hydrogen (secondary N) is 1. The van der Waals surface area contributed by atoms with Gasteiger partial charge in [-0.05, 0) is 49.7 Å². The molecule has 1 N–H and O–H groups in total. The van der Waals surface area contributed by atoms with E-state index in [0.29, 0.717) is 17.3 Å². The second-order valence-electron chi connectivity index (χ2n) is 5.90. The predicted octanol–water partition coefficient (Wildman–Crippen LogP) is 3.92. The predicted molar refractivity (Wildman–Crippen MR) is 102 cm³/mol. The van der Waals surface area contributed by atoms with Gasteiger partial charge in [-0.3, -0.25) is 4.79 Å². The van der Waals surface area contributed by atoms with E-state index in [2.05, 4.69) is 10.3 Å². The summed E-state index contributed by atoms with van der Waals surface area (Å²) in [5.41, 5.74) is 2.00. The maximum absolute atomic E-state index is 12.4. The molecule has 6 heteroatoms. The number of para-hydroxylation sites is 1. The molecule has 2 aromatic carbocycles. The quantitative estimate of drug-likeness (QED) is 0.716. The zero-order valence-electron chi connectivity index (χ0n) is 14.6. The minimum Gasteiger partial charge on any atom is -0.481 e. The van der Waals surface area contributed by atoms with Crippen LogP contribution in [-0.4, -0.2) is 21.6 Å². The van der Waals surface area contributed by atoms with E-state index in [9.17, 15) is 4.79 Å². The van der Waals surface area contributed by atoms with Crippen LogP contribution in [0.2, 0.25) is 5.02 Å². The van der Waals surface area contributed by atoms with E-state index in [0.717, 1.165) is 17.1 Å². The first-order valence-corrected chi connectivity index (χ1v) is 8.70. The van der Waals surface area contributed by atoms with Crippen LogP contribution in [0.5, 0.6) is 5.75 Å². The number of imidazole rings is 1. The lowest BCUT2D eigenvalue weighted by Crippen LogP contribution is -2.36. The summed E-state index contributed by atoms with van der Waals surface area (Å²) in [6, 6.07) is 14.8. The topological polar surface area (TPSA) is 56.2 Å². The minimum absolute atomic E-state index is 0.183. The summed E-state index contributed by atoms with van der Waals surface area (Å²) in [6.07, 6.45) is 3.05. The van der Waals surface area contributed by atoms with Crippen LogP contribution in [0.25, 0.3) is 5.69 Å². The number of hydrogen-bond acceptors (Lipinski definition) is 3. The van der Waals surface area contributed by atoms with Crippen LogP contribution >= 0.6 is 11.6 Å². The second-order valence-corrected chi connectivity index (χ2v) is 6.34. The molecule has 1 atom stereocenters. The van der Waals surface area contributed by atoms with Crippen LogP contribution in [-0.2, 0) is 11.3 Å². The molecule has 26 heavy (non-hydrogen) atoms. The molecule has 3 aromatic rings. The SMILES string of the molecule is Cc1nccn1-c1ccccc1CNC(=O)C(C)Oc1ccc(Cl)cc1. The summed E-state index contributed by atoms with van der Waals surface area (Å²) in [4.78, 5) is 16.6. The Labute approximate surface area is 157 Å². The summed E-state index contributed by atoms with van der Waals surface area (Å²) in [7, 11) is 0. The third-order valence-electron chi connectivity index (χ3n) is 4.03. The number of benzene rings is 2. The Morgan fingerprint density at radius 1 is 1.23 bits per heavy atom. The van der Waals surface area contributed by atoms with Crippen molar-refractivity contribution in [2.75, 3.05) is 0 Å². The molecule has 3 rings (SSSR count). The van der Waals surface area contributed by atoms with Crippen LogP contribution in [0.15, 0.2) is 60.9 Å². The minimum atomic E-state index is -0.613. The van der Waals surface area contributed by atoms with E-state index in [-0.39, 0.29) is 5.91 Å². The number of ether oxygens (including phenoxy) is 1. The largest absolute Gasteiger partial charge is 0.481 e. The zero-order valence-corrected chi connectivity index (χ0v) is 15.4.